The van der Waals surface area contributed by atoms with Crippen molar-refractivity contribution in [3.63, 3.8) is 0 Å². The van der Waals surface area contributed by atoms with Gasteiger partial charge in [-0.25, -0.2) is 0 Å². The summed E-state index contributed by atoms with van der Waals surface area (Å²) in [4.78, 5) is 0. The van der Waals surface area contributed by atoms with E-state index >= 15 is 0 Å². The van der Waals surface area contributed by atoms with E-state index in [2.05, 4.69) is 12.2 Å². The first-order valence-electron chi connectivity index (χ1n) is 5.63. The highest BCUT2D eigenvalue weighted by atomic mass is 16.3. The monoisotopic (exact) mass is 187 g/mol. The van der Waals surface area contributed by atoms with Crippen LogP contribution in [0.4, 0.5) is 0 Å². The molecule has 13 heavy (non-hydrogen) atoms. The Balaban J connectivity index is 3.05. The molecule has 0 heterocycles. The summed E-state index contributed by atoms with van der Waals surface area (Å²) in [6.45, 7) is 2.51. The Morgan fingerprint density at radius 2 is 1.69 bits per heavy atom. The summed E-state index contributed by atoms with van der Waals surface area (Å²) in [5, 5.41) is 12.0. The Bertz CT molecular complexity index is 92.1. The maximum absolute atomic E-state index is 8.90. The van der Waals surface area contributed by atoms with E-state index in [-0.39, 0.29) is 6.61 Å². The van der Waals surface area contributed by atoms with Crippen molar-refractivity contribution in [2.24, 2.45) is 0 Å². The second-order valence-corrected chi connectivity index (χ2v) is 3.72. The third-order valence-electron chi connectivity index (χ3n) is 2.53. The van der Waals surface area contributed by atoms with E-state index < -0.39 is 0 Å². The lowest BCUT2D eigenvalue weighted by Gasteiger charge is -2.11. The molecule has 1 unspecified atom stereocenters. The average molecular weight is 187 g/mol. The van der Waals surface area contributed by atoms with Gasteiger partial charge in [0.2, 0.25) is 0 Å². The molecule has 0 aliphatic heterocycles. The largest absolute Gasteiger partial charge is 0.395 e. The minimum atomic E-state index is 0.269. The van der Waals surface area contributed by atoms with E-state index in [1.54, 1.807) is 0 Å². The molecule has 0 aromatic carbocycles. The molecule has 0 bridgehead atoms. The van der Waals surface area contributed by atoms with Crippen LogP contribution in [0.25, 0.3) is 0 Å². The quantitative estimate of drug-likeness (QED) is 0.543. The van der Waals surface area contributed by atoms with Crippen molar-refractivity contribution >= 4 is 0 Å². The summed E-state index contributed by atoms with van der Waals surface area (Å²) in [5.41, 5.74) is 0. The predicted octanol–water partition coefficient (Wildman–Crippen LogP) is 2.32. The first-order valence-corrected chi connectivity index (χ1v) is 5.63. The fourth-order valence-electron chi connectivity index (χ4n) is 1.50. The molecule has 2 heteroatoms. The summed E-state index contributed by atoms with van der Waals surface area (Å²) >= 11 is 0. The van der Waals surface area contributed by atoms with Crippen molar-refractivity contribution in [3.05, 3.63) is 0 Å². The van der Waals surface area contributed by atoms with E-state index in [4.69, 9.17) is 5.11 Å². The van der Waals surface area contributed by atoms with Crippen LogP contribution >= 0.6 is 0 Å². The van der Waals surface area contributed by atoms with Crippen LogP contribution in [0.3, 0.4) is 0 Å². The van der Waals surface area contributed by atoms with Crippen molar-refractivity contribution in [3.8, 4) is 0 Å². The Morgan fingerprint density at radius 3 is 2.23 bits per heavy atom. The Morgan fingerprint density at radius 1 is 1.08 bits per heavy atom. The standard InChI is InChI=1S/C11H25NO/c1-3-4-5-6-7-8-9-11(10-13)12-2/h11-13H,3-10H2,1-2H3. The van der Waals surface area contributed by atoms with Gasteiger partial charge in [-0.05, 0) is 13.5 Å². The normalized spacial score (nSPS) is 13.2. The maximum Gasteiger partial charge on any atom is 0.0584 e. The lowest BCUT2D eigenvalue weighted by molar-refractivity contribution is 0.239. The topological polar surface area (TPSA) is 32.3 Å². The van der Waals surface area contributed by atoms with Crippen LogP contribution in [-0.4, -0.2) is 24.8 Å². The third kappa shape index (κ3) is 8.26. The van der Waals surface area contributed by atoms with Gasteiger partial charge in [-0.1, -0.05) is 45.4 Å². The van der Waals surface area contributed by atoms with Crippen LogP contribution in [0.15, 0.2) is 0 Å². The van der Waals surface area contributed by atoms with Crippen LogP contribution < -0.4 is 5.32 Å². The Labute approximate surface area is 82.7 Å². The van der Waals surface area contributed by atoms with Gasteiger partial charge in [-0.2, -0.15) is 0 Å². The molecule has 0 aromatic heterocycles. The molecule has 0 saturated heterocycles. The van der Waals surface area contributed by atoms with Crippen LogP contribution in [-0.2, 0) is 0 Å². The SMILES string of the molecule is CCCCCCCCC(CO)NC. The van der Waals surface area contributed by atoms with Gasteiger partial charge in [0.25, 0.3) is 0 Å². The number of aliphatic hydroxyl groups is 1. The molecule has 1 atom stereocenters. The number of likely N-dealkylation sites (N-methyl/N-ethyl adjacent to an activating group) is 1. The van der Waals surface area contributed by atoms with Crippen molar-refractivity contribution in [2.75, 3.05) is 13.7 Å². The van der Waals surface area contributed by atoms with Gasteiger partial charge in [0.05, 0.1) is 6.61 Å². The van der Waals surface area contributed by atoms with Crippen LogP contribution in [0.2, 0.25) is 0 Å². The zero-order chi connectivity index (χ0) is 9.94. The number of nitrogens with one attached hydrogen (secondary N) is 1. The summed E-state index contributed by atoms with van der Waals surface area (Å²) < 4.78 is 0. The first-order chi connectivity index (χ1) is 6.35. The number of unbranched alkanes of at least 4 members (excludes halogenated alkanes) is 5. The molecule has 2 nitrogen and oxygen atoms in total. The molecule has 0 aliphatic carbocycles. The molecular weight excluding hydrogens is 162 g/mol. The molecule has 0 radical (unpaired) electrons. The summed E-state index contributed by atoms with van der Waals surface area (Å²) in [5.74, 6) is 0. The summed E-state index contributed by atoms with van der Waals surface area (Å²) in [6.07, 6.45) is 9.09. The van der Waals surface area contributed by atoms with Gasteiger partial charge >= 0.3 is 0 Å². The summed E-state index contributed by atoms with van der Waals surface area (Å²) in [6, 6.07) is 0.311. The molecule has 0 amide bonds. The van der Waals surface area contributed by atoms with E-state index in [1.165, 1.54) is 38.5 Å². The number of aliphatic hydroxyl groups excluding tert-OH is 1. The lowest BCUT2D eigenvalue weighted by atomic mass is 10.1. The summed E-state index contributed by atoms with van der Waals surface area (Å²) in [7, 11) is 1.91. The van der Waals surface area contributed by atoms with Crippen LogP contribution in [0, 0.1) is 0 Å². The molecule has 0 saturated carbocycles. The zero-order valence-corrected chi connectivity index (χ0v) is 9.18. The van der Waals surface area contributed by atoms with Gasteiger partial charge in [0, 0.05) is 6.04 Å². The molecule has 0 spiro atoms. The number of hydrogen-bond donors (Lipinski definition) is 2. The molecular formula is C11H25NO. The zero-order valence-electron chi connectivity index (χ0n) is 9.18. The highest BCUT2D eigenvalue weighted by Gasteiger charge is 2.02. The fourth-order valence-corrected chi connectivity index (χ4v) is 1.50. The molecule has 0 aliphatic rings. The highest BCUT2D eigenvalue weighted by molar-refractivity contribution is 4.61. The lowest BCUT2D eigenvalue weighted by Crippen LogP contribution is -2.28. The first kappa shape index (κ1) is 12.9. The number of rotatable bonds is 9. The fraction of sp³-hybridized carbons (Fsp3) is 1.00. The van der Waals surface area contributed by atoms with Crippen molar-refractivity contribution in [1.29, 1.82) is 0 Å². The Kier molecular flexibility index (Phi) is 9.94. The minimum Gasteiger partial charge on any atom is -0.395 e. The van der Waals surface area contributed by atoms with Crippen LogP contribution in [0.5, 0.6) is 0 Å². The Hall–Kier alpha value is -0.0800. The number of hydrogen-bond acceptors (Lipinski definition) is 2. The van der Waals surface area contributed by atoms with Gasteiger partial charge in [-0.3, -0.25) is 0 Å². The van der Waals surface area contributed by atoms with E-state index in [1.807, 2.05) is 7.05 Å². The molecule has 0 rings (SSSR count). The highest BCUT2D eigenvalue weighted by Crippen LogP contribution is 2.08. The second-order valence-electron chi connectivity index (χ2n) is 3.72. The van der Waals surface area contributed by atoms with E-state index in [9.17, 15) is 0 Å². The smallest absolute Gasteiger partial charge is 0.0584 e. The van der Waals surface area contributed by atoms with E-state index in [0.29, 0.717) is 6.04 Å². The van der Waals surface area contributed by atoms with Crippen molar-refractivity contribution in [2.45, 2.75) is 57.9 Å². The molecule has 0 fully saturated rings. The van der Waals surface area contributed by atoms with Crippen molar-refractivity contribution < 1.29 is 5.11 Å². The minimum absolute atomic E-state index is 0.269. The predicted molar refractivity (Wildman–Crippen MR) is 57.9 cm³/mol. The second kappa shape index (κ2) is 10.0. The van der Waals surface area contributed by atoms with Crippen LogP contribution in [0.1, 0.15) is 51.9 Å². The van der Waals surface area contributed by atoms with E-state index in [0.717, 1.165) is 6.42 Å². The third-order valence-corrected chi connectivity index (χ3v) is 2.53. The van der Waals surface area contributed by atoms with Crippen molar-refractivity contribution in [1.82, 2.24) is 5.32 Å². The molecule has 0 aromatic rings. The van der Waals surface area contributed by atoms with Gasteiger partial charge in [-0.15, -0.1) is 0 Å². The van der Waals surface area contributed by atoms with Gasteiger partial charge in [0.15, 0.2) is 0 Å². The van der Waals surface area contributed by atoms with Gasteiger partial charge in [0.1, 0.15) is 0 Å². The molecule has 80 valence electrons. The molecule has 2 N–H and O–H groups in total. The maximum atomic E-state index is 8.90. The average Bonchev–Trinajstić information content (AvgIpc) is 2.17. The van der Waals surface area contributed by atoms with Gasteiger partial charge < -0.3 is 10.4 Å².